The Morgan fingerprint density at radius 2 is 1.56 bits per heavy atom. The third kappa shape index (κ3) is 14.6. The van der Waals surface area contributed by atoms with E-state index in [0.717, 1.165) is 16.5 Å². The number of aliphatic carboxylic acids is 1. The number of hydrogen-bond acceptors (Lipinski definition) is 13. The number of carboxylic acid groups (broad SMARTS) is 1. The Morgan fingerprint density at radius 1 is 0.885 bits per heavy atom. The lowest BCUT2D eigenvalue weighted by atomic mass is 9.77. The predicted octanol–water partition coefficient (Wildman–Crippen LogP) is 5.33. The highest BCUT2D eigenvalue weighted by atomic mass is 32.2. The molecule has 4 rings (SSSR count). The number of hydrogen-bond donors (Lipinski definition) is 1. The Hall–Kier alpha value is -3.94. The van der Waals surface area contributed by atoms with E-state index in [0.29, 0.717) is 107 Å². The van der Waals surface area contributed by atoms with E-state index in [1.807, 2.05) is 42.2 Å². The molecule has 0 saturated carbocycles. The molecule has 338 valence electrons. The SMILES string of the molecule is COCCOCC[N+](CCOCCOC)=c1ccc2c(C(C)(C)C)cc(/C=C/C=C3/N(CCCCCC(=O)O)c4ccc(S(=O)(=O)[O-])cc4C3(C)CCCS(=O)(=O)[O-])oc-2c1. The maximum atomic E-state index is 12.2. The molecule has 0 amide bonds. The number of unbranched alkanes of at least 4 members (excludes halogenated alkanes) is 2. The lowest BCUT2D eigenvalue weighted by molar-refractivity contribution is -0.137. The summed E-state index contributed by atoms with van der Waals surface area (Å²) >= 11 is 0. The lowest BCUT2D eigenvalue weighted by Gasteiger charge is -2.31. The third-order valence-electron chi connectivity index (χ3n) is 10.7. The number of benzene rings is 2. The van der Waals surface area contributed by atoms with Crippen molar-refractivity contribution in [1.29, 1.82) is 0 Å². The Labute approximate surface area is 360 Å². The molecule has 0 aromatic heterocycles. The van der Waals surface area contributed by atoms with Crippen LogP contribution in [-0.4, -0.2) is 116 Å². The van der Waals surface area contributed by atoms with Crippen LogP contribution in [0.5, 0.6) is 0 Å². The Bertz CT molecular complexity index is 2240. The van der Waals surface area contributed by atoms with E-state index in [1.54, 1.807) is 20.3 Å². The fraction of sp³-hybridized carbons (Fsp3) is 0.545. The van der Waals surface area contributed by atoms with Gasteiger partial charge in [-0.05, 0) is 91.6 Å². The van der Waals surface area contributed by atoms with Gasteiger partial charge in [-0.1, -0.05) is 33.3 Å². The standard InChI is InChI=1S/C44H62N2O13S2/c1-43(2,3)37-31-34(59-40-30-33(15-17-36(37)40)45(21-23-57-27-25-55-5)22-24-58-28-26-56-6)12-10-13-41-44(4,19-11-29-60(49,50)51)38-32-35(61(52,53)54)16-18-39(38)46(41)20-9-7-8-14-42(47)48/h10,12-13,15-18,30-32H,7-9,11,14,19-29H2,1-6H3,(H2-,47,48,49,50,51,52,53,54)/p-1. The number of fused-ring (bicyclic) bond motifs is 2. The molecule has 0 fully saturated rings. The highest BCUT2D eigenvalue weighted by molar-refractivity contribution is 7.86. The van der Waals surface area contributed by atoms with E-state index in [-0.39, 0.29) is 24.7 Å². The largest absolute Gasteiger partial charge is 0.748 e. The lowest BCUT2D eigenvalue weighted by Crippen LogP contribution is -2.36. The second-order valence-corrected chi connectivity index (χ2v) is 19.2. The van der Waals surface area contributed by atoms with Crippen LogP contribution in [-0.2, 0) is 54.8 Å². The zero-order valence-electron chi connectivity index (χ0n) is 36.1. The van der Waals surface area contributed by atoms with E-state index < -0.39 is 42.3 Å². The summed E-state index contributed by atoms with van der Waals surface area (Å²) < 4.78 is 102. The summed E-state index contributed by atoms with van der Waals surface area (Å²) in [6, 6.07) is 12.3. The molecule has 2 heterocycles. The quantitative estimate of drug-likeness (QED) is 0.0649. The fourth-order valence-corrected chi connectivity index (χ4v) is 8.55. The summed E-state index contributed by atoms with van der Waals surface area (Å²) in [7, 11) is -6.13. The minimum absolute atomic E-state index is 0.0174. The summed E-state index contributed by atoms with van der Waals surface area (Å²) in [5.74, 6) is -0.298. The average molecular weight is 890 g/mol. The van der Waals surface area contributed by atoms with Crippen molar-refractivity contribution in [2.75, 3.05) is 84.1 Å². The van der Waals surface area contributed by atoms with Crippen LogP contribution in [0.1, 0.15) is 83.1 Å². The van der Waals surface area contributed by atoms with Crippen molar-refractivity contribution < 1.29 is 59.2 Å². The van der Waals surface area contributed by atoms with Gasteiger partial charge in [-0.15, -0.1) is 0 Å². The molecule has 1 aliphatic carbocycles. The number of methoxy groups -OCH3 is 2. The molecule has 1 aromatic carbocycles. The Morgan fingerprint density at radius 3 is 2.15 bits per heavy atom. The number of allylic oxidation sites excluding steroid dienone is 3. The second kappa shape index (κ2) is 22.4. The molecule has 15 nitrogen and oxygen atoms in total. The van der Waals surface area contributed by atoms with Gasteiger partial charge in [-0.3, -0.25) is 4.79 Å². The van der Waals surface area contributed by atoms with Crippen LogP contribution in [0.3, 0.4) is 0 Å². The summed E-state index contributed by atoms with van der Waals surface area (Å²) in [5, 5.41) is 10.1. The summed E-state index contributed by atoms with van der Waals surface area (Å²) in [6.45, 7) is 12.7. The van der Waals surface area contributed by atoms with Crippen molar-refractivity contribution in [2.45, 2.75) is 81.9 Å². The molecule has 0 radical (unpaired) electrons. The maximum Gasteiger partial charge on any atom is 0.303 e. The maximum absolute atomic E-state index is 12.2. The molecule has 2 aliphatic heterocycles. The van der Waals surface area contributed by atoms with Crippen molar-refractivity contribution in [2.24, 2.45) is 0 Å². The van der Waals surface area contributed by atoms with Crippen LogP contribution in [0.4, 0.5) is 5.69 Å². The van der Waals surface area contributed by atoms with Gasteiger partial charge in [0.05, 0.1) is 47.5 Å². The first kappa shape index (κ1) is 49.7. The van der Waals surface area contributed by atoms with E-state index in [2.05, 4.69) is 37.5 Å². The number of ether oxygens (including phenoxy) is 4. The molecule has 3 aliphatic rings. The molecule has 1 aromatic rings. The first-order chi connectivity index (χ1) is 28.8. The zero-order valence-corrected chi connectivity index (χ0v) is 37.8. The van der Waals surface area contributed by atoms with Crippen LogP contribution >= 0.6 is 0 Å². The Kier molecular flexibility index (Phi) is 18.3. The molecule has 1 unspecified atom stereocenters. The van der Waals surface area contributed by atoms with Gasteiger partial charge in [0.25, 0.3) is 0 Å². The number of nitrogens with zero attached hydrogens (tertiary/aromatic N) is 2. The van der Waals surface area contributed by atoms with Crippen LogP contribution in [0.2, 0.25) is 0 Å². The van der Waals surface area contributed by atoms with Crippen molar-refractivity contribution >= 4 is 38.0 Å². The van der Waals surface area contributed by atoms with Crippen LogP contribution in [0, 0.1) is 0 Å². The first-order valence-corrected chi connectivity index (χ1v) is 23.5. The molecule has 1 atom stereocenters. The van der Waals surface area contributed by atoms with Gasteiger partial charge in [-0.25, -0.2) is 21.4 Å². The van der Waals surface area contributed by atoms with Crippen LogP contribution in [0.25, 0.3) is 17.4 Å². The number of carbonyl (C=O) groups is 1. The topological polar surface area (TPSA) is 208 Å². The van der Waals surface area contributed by atoms with E-state index in [1.165, 1.54) is 12.1 Å². The van der Waals surface area contributed by atoms with E-state index in [9.17, 15) is 30.7 Å². The van der Waals surface area contributed by atoms with E-state index >= 15 is 0 Å². The summed E-state index contributed by atoms with van der Waals surface area (Å²) in [6.07, 6.45) is 7.31. The number of rotatable bonds is 25. The minimum Gasteiger partial charge on any atom is -0.748 e. The first-order valence-electron chi connectivity index (χ1n) is 20.5. The summed E-state index contributed by atoms with van der Waals surface area (Å²) in [4.78, 5) is 12.7. The van der Waals surface area contributed by atoms with Gasteiger partial charge in [0, 0.05) is 61.4 Å². The average Bonchev–Trinajstić information content (AvgIpc) is 3.40. The number of anilines is 1. The van der Waals surface area contributed by atoms with Crippen molar-refractivity contribution in [3.63, 3.8) is 0 Å². The van der Waals surface area contributed by atoms with Gasteiger partial charge >= 0.3 is 5.97 Å². The predicted molar refractivity (Wildman–Crippen MR) is 231 cm³/mol. The summed E-state index contributed by atoms with van der Waals surface area (Å²) in [5.41, 5.74) is 2.55. The smallest absolute Gasteiger partial charge is 0.303 e. The molecule has 0 spiro atoms. The number of carboxylic acids is 1. The second-order valence-electron chi connectivity index (χ2n) is 16.3. The molecule has 17 heteroatoms. The molecular formula is C44H61N2O13S2-. The molecule has 1 N–H and O–H groups in total. The highest BCUT2D eigenvalue weighted by Gasteiger charge is 2.43. The Balaban J connectivity index is 1.83. The van der Waals surface area contributed by atoms with Gasteiger partial charge < -0.3 is 42.5 Å². The van der Waals surface area contributed by atoms with Gasteiger partial charge in [0.2, 0.25) is 5.36 Å². The normalized spacial score (nSPS) is 16.6. The van der Waals surface area contributed by atoms with Gasteiger partial charge in [-0.2, -0.15) is 0 Å². The molecule has 0 bridgehead atoms. The minimum atomic E-state index is -4.84. The van der Waals surface area contributed by atoms with Crippen molar-refractivity contribution in [1.82, 2.24) is 4.58 Å². The van der Waals surface area contributed by atoms with Crippen LogP contribution in [0.15, 0.2) is 69.6 Å². The fourth-order valence-electron chi connectivity index (χ4n) is 7.55. The highest BCUT2D eigenvalue weighted by Crippen LogP contribution is 2.51. The van der Waals surface area contributed by atoms with Gasteiger partial charge in [0.15, 0.2) is 13.1 Å². The molecule has 0 saturated heterocycles. The van der Waals surface area contributed by atoms with E-state index in [4.69, 9.17) is 28.5 Å². The monoisotopic (exact) mass is 889 g/mol. The van der Waals surface area contributed by atoms with Gasteiger partial charge in [0.1, 0.15) is 34.9 Å². The molecule has 61 heavy (non-hydrogen) atoms. The zero-order chi connectivity index (χ0) is 44.8. The van der Waals surface area contributed by atoms with Crippen molar-refractivity contribution in [3.05, 3.63) is 82.6 Å². The van der Waals surface area contributed by atoms with Crippen LogP contribution < -0.4 is 14.8 Å². The third-order valence-corrected chi connectivity index (χ3v) is 12.3. The molecular weight excluding hydrogens is 829 g/mol. The van der Waals surface area contributed by atoms with Crippen molar-refractivity contribution in [3.8, 4) is 11.3 Å².